The van der Waals surface area contributed by atoms with Gasteiger partial charge in [0.05, 0.1) is 20.7 Å². The van der Waals surface area contributed by atoms with E-state index in [0.29, 0.717) is 11.0 Å². The van der Waals surface area contributed by atoms with Gasteiger partial charge < -0.3 is 9.59 Å². The number of hydrogen-bond acceptors (Lipinski definition) is 1. The number of hydrogen-bond donors (Lipinski definition) is 1. The van der Waals surface area contributed by atoms with Crippen molar-refractivity contribution in [3.8, 4) is 12.3 Å². The lowest BCUT2D eigenvalue weighted by Gasteiger charge is -2.40. The van der Waals surface area contributed by atoms with E-state index in [4.69, 9.17) is 11.5 Å². The van der Waals surface area contributed by atoms with Crippen LogP contribution in [0.5, 0.6) is 0 Å². The molecule has 0 saturated heterocycles. The summed E-state index contributed by atoms with van der Waals surface area (Å²) in [4.78, 5) is 0. The predicted molar refractivity (Wildman–Crippen MR) is 47.0 cm³/mol. The third-order valence-electron chi connectivity index (χ3n) is 2.53. The van der Waals surface area contributed by atoms with E-state index in [0.717, 1.165) is 0 Å². The Morgan fingerprint density at radius 2 is 1.91 bits per heavy atom. The summed E-state index contributed by atoms with van der Waals surface area (Å²) < 4.78 is 0.653. The Labute approximate surface area is 69.4 Å². The van der Waals surface area contributed by atoms with Gasteiger partial charge in [0.15, 0.2) is 5.54 Å². The molecule has 0 radical (unpaired) electrons. The zero-order chi connectivity index (χ0) is 9.12. The summed E-state index contributed by atoms with van der Waals surface area (Å²) >= 11 is 0. The summed E-state index contributed by atoms with van der Waals surface area (Å²) in [6, 6.07) is 0. The quantitative estimate of drug-likeness (QED) is 0.465. The molecule has 0 aliphatic rings. The first kappa shape index (κ1) is 10.5. The van der Waals surface area contributed by atoms with Crippen molar-refractivity contribution in [1.29, 1.82) is 0 Å². The molecule has 0 aromatic carbocycles. The molecule has 0 aliphatic heterocycles. The van der Waals surface area contributed by atoms with Gasteiger partial charge in [-0.05, 0) is 5.92 Å². The molecule has 2 heteroatoms. The van der Waals surface area contributed by atoms with Crippen molar-refractivity contribution in [1.82, 2.24) is 0 Å². The van der Waals surface area contributed by atoms with Crippen LogP contribution in [0.3, 0.4) is 0 Å². The summed E-state index contributed by atoms with van der Waals surface area (Å²) in [7, 11) is 4.05. The molecule has 0 aromatic rings. The van der Waals surface area contributed by atoms with Crippen molar-refractivity contribution in [2.75, 3.05) is 27.2 Å². The molecule has 0 atom stereocenters. The van der Waals surface area contributed by atoms with Crippen LogP contribution in [0.1, 0.15) is 13.8 Å². The van der Waals surface area contributed by atoms with Gasteiger partial charge in [-0.25, -0.2) is 0 Å². The Morgan fingerprint density at radius 3 is 2.18 bits per heavy atom. The molecule has 0 amide bonds. The van der Waals surface area contributed by atoms with Crippen molar-refractivity contribution in [2.24, 2.45) is 0 Å². The van der Waals surface area contributed by atoms with Crippen LogP contribution in [-0.4, -0.2) is 42.4 Å². The largest absolute Gasteiger partial charge is 0.391 e. The topological polar surface area (TPSA) is 20.2 Å². The van der Waals surface area contributed by atoms with Crippen molar-refractivity contribution in [3.05, 3.63) is 0 Å². The average Bonchev–Trinajstić information content (AvgIpc) is 1.87. The number of likely N-dealkylation sites (N-methyl/N-ethyl adjacent to an activating group) is 1. The zero-order valence-electron chi connectivity index (χ0n) is 7.89. The molecule has 0 heterocycles. The predicted octanol–water partition coefficient (Wildman–Crippen LogP) is 0.467. The zero-order valence-corrected chi connectivity index (χ0v) is 7.89. The second-order valence-corrected chi connectivity index (χ2v) is 3.84. The molecule has 0 spiro atoms. The molecule has 0 rings (SSSR count). The van der Waals surface area contributed by atoms with Crippen LogP contribution >= 0.6 is 0 Å². The van der Waals surface area contributed by atoms with Gasteiger partial charge in [-0.1, -0.05) is 0 Å². The molecule has 0 unspecified atom stereocenters. The number of quaternary nitrogens is 1. The van der Waals surface area contributed by atoms with Crippen molar-refractivity contribution in [2.45, 2.75) is 19.4 Å². The summed E-state index contributed by atoms with van der Waals surface area (Å²) in [5, 5.41) is 8.78. The Bertz CT molecular complexity index is 165. The third kappa shape index (κ3) is 2.21. The molecular weight excluding hydrogens is 138 g/mol. The van der Waals surface area contributed by atoms with Crippen LogP contribution in [0.15, 0.2) is 0 Å². The maximum absolute atomic E-state index is 8.78. The van der Waals surface area contributed by atoms with Gasteiger partial charge in [-0.3, -0.25) is 0 Å². The fourth-order valence-electron chi connectivity index (χ4n) is 0.704. The molecule has 0 fully saturated rings. The molecule has 11 heavy (non-hydrogen) atoms. The highest BCUT2D eigenvalue weighted by atomic mass is 16.3. The molecule has 0 saturated carbocycles. The first-order valence-corrected chi connectivity index (χ1v) is 3.79. The maximum atomic E-state index is 8.78. The minimum atomic E-state index is -0.206. The first-order chi connectivity index (χ1) is 4.87. The normalized spacial score (nSPS) is 12.7. The lowest BCUT2D eigenvalue weighted by molar-refractivity contribution is -0.928. The Balaban J connectivity index is 4.42. The highest BCUT2D eigenvalue weighted by molar-refractivity contribution is 5.02. The van der Waals surface area contributed by atoms with Gasteiger partial charge in [-0.15, -0.1) is 6.42 Å². The molecule has 0 aliphatic carbocycles. The molecular formula is C9H18NO+. The van der Waals surface area contributed by atoms with Crippen molar-refractivity contribution >= 4 is 0 Å². The molecule has 1 N–H and O–H groups in total. The van der Waals surface area contributed by atoms with Crippen LogP contribution in [0, 0.1) is 12.3 Å². The highest BCUT2D eigenvalue weighted by Crippen LogP contribution is 2.17. The van der Waals surface area contributed by atoms with Crippen LogP contribution in [-0.2, 0) is 0 Å². The smallest absolute Gasteiger partial charge is 0.154 e. The van der Waals surface area contributed by atoms with Gasteiger partial charge in [0.2, 0.25) is 0 Å². The highest BCUT2D eigenvalue weighted by Gasteiger charge is 2.33. The van der Waals surface area contributed by atoms with E-state index in [2.05, 4.69) is 5.92 Å². The van der Waals surface area contributed by atoms with Gasteiger partial charge >= 0.3 is 0 Å². The Kier molecular flexibility index (Phi) is 3.10. The van der Waals surface area contributed by atoms with Crippen LogP contribution in [0.4, 0.5) is 0 Å². The van der Waals surface area contributed by atoms with Crippen LogP contribution in [0.2, 0.25) is 0 Å². The van der Waals surface area contributed by atoms with Crippen LogP contribution < -0.4 is 0 Å². The monoisotopic (exact) mass is 156 g/mol. The second kappa shape index (κ2) is 3.25. The number of nitrogens with zero attached hydrogens (tertiary/aromatic N) is 1. The molecule has 2 nitrogen and oxygen atoms in total. The van der Waals surface area contributed by atoms with E-state index in [1.165, 1.54) is 0 Å². The standard InChI is InChI=1S/C9H18NO/c1-6-9(2,3)10(4,5)7-8-11/h1,11H,7-8H2,2-5H3/q+1. The van der Waals surface area contributed by atoms with Gasteiger partial charge in [0.1, 0.15) is 6.54 Å². The number of rotatable bonds is 3. The molecule has 0 aromatic heterocycles. The summed E-state index contributed by atoms with van der Waals surface area (Å²) in [5.41, 5.74) is -0.206. The summed E-state index contributed by atoms with van der Waals surface area (Å²) in [5.74, 6) is 2.73. The third-order valence-corrected chi connectivity index (χ3v) is 2.53. The lowest BCUT2D eigenvalue weighted by atomic mass is 10.0. The average molecular weight is 156 g/mol. The van der Waals surface area contributed by atoms with Crippen LogP contribution in [0.25, 0.3) is 0 Å². The Hall–Kier alpha value is -0.520. The van der Waals surface area contributed by atoms with E-state index in [1.54, 1.807) is 0 Å². The van der Waals surface area contributed by atoms with Crippen molar-refractivity contribution in [3.63, 3.8) is 0 Å². The molecule has 64 valence electrons. The van der Waals surface area contributed by atoms with Gasteiger partial charge in [0.25, 0.3) is 0 Å². The minimum absolute atomic E-state index is 0.179. The number of terminal acetylenes is 1. The summed E-state index contributed by atoms with van der Waals surface area (Å²) in [6.45, 7) is 4.88. The molecule has 0 bridgehead atoms. The van der Waals surface area contributed by atoms with E-state index < -0.39 is 0 Å². The number of aliphatic hydroxyl groups excluding tert-OH is 1. The fourth-order valence-corrected chi connectivity index (χ4v) is 0.704. The fraction of sp³-hybridized carbons (Fsp3) is 0.778. The second-order valence-electron chi connectivity index (χ2n) is 3.84. The van der Waals surface area contributed by atoms with Crippen molar-refractivity contribution < 1.29 is 9.59 Å². The SMILES string of the molecule is C#CC(C)(C)[N+](C)(C)CCO. The lowest BCUT2D eigenvalue weighted by Crippen LogP contribution is -2.56. The minimum Gasteiger partial charge on any atom is -0.391 e. The van der Waals surface area contributed by atoms with E-state index in [-0.39, 0.29) is 12.1 Å². The van der Waals surface area contributed by atoms with Gasteiger partial charge in [-0.2, -0.15) is 0 Å². The summed E-state index contributed by atoms with van der Waals surface area (Å²) in [6.07, 6.45) is 5.38. The van der Waals surface area contributed by atoms with E-state index in [1.807, 2.05) is 27.9 Å². The van der Waals surface area contributed by atoms with Gasteiger partial charge in [0, 0.05) is 13.8 Å². The first-order valence-electron chi connectivity index (χ1n) is 3.79. The Morgan fingerprint density at radius 1 is 1.45 bits per heavy atom. The maximum Gasteiger partial charge on any atom is 0.154 e. The van der Waals surface area contributed by atoms with E-state index in [9.17, 15) is 0 Å². The van der Waals surface area contributed by atoms with E-state index >= 15 is 0 Å². The number of aliphatic hydroxyl groups is 1.